The van der Waals surface area contributed by atoms with E-state index in [1.54, 1.807) is 0 Å². The van der Waals surface area contributed by atoms with Crippen LogP contribution in [0.25, 0.3) is 0 Å². The van der Waals surface area contributed by atoms with E-state index in [2.05, 4.69) is 6.92 Å². The van der Waals surface area contributed by atoms with Crippen LogP contribution in [0.15, 0.2) is 12.1 Å². The molecule has 0 amide bonds. The average Bonchev–Trinajstić information content (AvgIpc) is 2.69. The van der Waals surface area contributed by atoms with E-state index in [0.29, 0.717) is 30.6 Å². The van der Waals surface area contributed by atoms with Gasteiger partial charge in [-0.25, -0.2) is 8.78 Å². The topological polar surface area (TPSA) is 42.2 Å². The molecule has 148 valence electrons. The van der Waals surface area contributed by atoms with E-state index in [4.69, 9.17) is 14.7 Å². The average molecular weight is 377 g/mol. The predicted molar refractivity (Wildman–Crippen MR) is 98.8 cm³/mol. The molecule has 27 heavy (non-hydrogen) atoms. The van der Waals surface area contributed by atoms with E-state index in [1.165, 1.54) is 57.4 Å². The number of halogens is 2. The van der Waals surface area contributed by atoms with Crippen molar-refractivity contribution in [3.8, 4) is 6.07 Å². The van der Waals surface area contributed by atoms with Gasteiger partial charge in [0.25, 0.3) is 0 Å². The molecule has 1 aromatic carbocycles. The van der Waals surface area contributed by atoms with Gasteiger partial charge in [-0.05, 0) is 36.8 Å². The molecule has 3 rings (SSSR count). The Hall–Kier alpha value is -1.51. The number of ether oxygens (including phenoxy) is 2. The van der Waals surface area contributed by atoms with Crippen molar-refractivity contribution >= 4 is 0 Å². The van der Waals surface area contributed by atoms with Crippen molar-refractivity contribution in [1.29, 1.82) is 5.26 Å². The Morgan fingerprint density at radius 2 is 1.63 bits per heavy atom. The van der Waals surface area contributed by atoms with Crippen molar-refractivity contribution in [2.24, 2.45) is 17.8 Å². The molecule has 1 aliphatic heterocycles. The molecule has 2 aliphatic rings. The maximum absolute atomic E-state index is 13.8. The molecule has 0 N–H and O–H groups in total. The first-order valence-corrected chi connectivity index (χ1v) is 10.2. The summed E-state index contributed by atoms with van der Waals surface area (Å²) in [5, 5.41) is 8.77. The van der Waals surface area contributed by atoms with Gasteiger partial charge in [0.1, 0.15) is 23.3 Å². The second kappa shape index (κ2) is 9.61. The number of unbranched alkanes of at least 4 members (excludes halogenated alkanes) is 2. The van der Waals surface area contributed by atoms with Crippen molar-refractivity contribution in [2.75, 3.05) is 13.2 Å². The van der Waals surface area contributed by atoms with E-state index in [0.717, 1.165) is 18.1 Å². The van der Waals surface area contributed by atoms with Crippen molar-refractivity contribution in [2.45, 2.75) is 64.6 Å². The smallest absolute Gasteiger partial charge is 0.184 e. The van der Waals surface area contributed by atoms with Gasteiger partial charge in [0.05, 0.1) is 13.2 Å². The Kier molecular flexibility index (Phi) is 7.20. The van der Waals surface area contributed by atoms with Gasteiger partial charge in [-0.2, -0.15) is 5.26 Å². The SMILES string of the molecule is CCCCCC1CCC(C2COC(c3cc(F)c(C#N)c(F)c3)OC2)CC1. The number of hydrogen-bond donors (Lipinski definition) is 0. The predicted octanol–water partition coefficient (Wildman–Crippen LogP) is 5.88. The first-order chi connectivity index (χ1) is 13.1. The minimum atomic E-state index is -0.872. The molecule has 0 spiro atoms. The minimum Gasteiger partial charge on any atom is -0.348 e. The second-order valence-corrected chi connectivity index (χ2v) is 8.01. The van der Waals surface area contributed by atoms with Gasteiger partial charge in [0, 0.05) is 11.5 Å². The lowest BCUT2D eigenvalue weighted by atomic mass is 9.74. The molecule has 1 aromatic rings. The summed E-state index contributed by atoms with van der Waals surface area (Å²) in [4.78, 5) is 0. The second-order valence-electron chi connectivity index (χ2n) is 8.01. The monoisotopic (exact) mass is 377 g/mol. The maximum Gasteiger partial charge on any atom is 0.184 e. The number of nitriles is 1. The van der Waals surface area contributed by atoms with Crippen LogP contribution in [0, 0.1) is 40.7 Å². The molecule has 1 saturated heterocycles. The molecule has 3 nitrogen and oxygen atoms in total. The summed E-state index contributed by atoms with van der Waals surface area (Å²) < 4.78 is 39.2. The Balaban J connectivity index is 1.48. The van der Waals surface area contributed by atoms with Crippen LogP contribution >= 0.6 is 0 Å². The van der Waals surface area contributed by atoms with E-state index in [9.17, 15) is 8.78 Å². The van der Waals surface area contributed by atoms with Gasteiger partial charge < -0.3 is 9.47 Å². The summed E-state index contributed by atoms with van der Waals surface area (Å²) in [6.45, 7) is 3.35. The number of benzene rings is 1. The fraction of sp³-hybridized carbons (Fsp3) is 0.682. The Morgan fingerprint density at radius 3 is 2.19 bits per heavy atom. The summed E-state index contributed by atoms with van der Waals surface area (Å²) in [5.74, 6) is 0.0933. The maximum atomic E-state index is 13.8. The van der Waals surface area contributed by atoms with Crippen molar-refractivity contribution in [3.63, 3.8) is 0 Å². The molecular weight excluding hydrogens is 348 g/mol. The molecule has 1 saturated carbocycles. The molecule has 5 heteroatoms. The molecule has 0 aromatic heterocycles. The summed E-state index contributed by atoms with van der Waals surface area (Å²) in [5.41, 5.74) is -0.273. The van der Waals surface area contributed by atoms with Gasteiger partial charge in [0.2, 0.25) is 0 Å². The highest BCUT2D eigenvalue weighted by Crippen LogP contribution is 2.39. The summed E-state index contributed by atoms with van der Waals surface area (Å²) in [6, 6.07) is 3.80. The Labute approximate surface area is 160 Å². The third-order valence-corrected chi connectivity index (χ3v) is 6.15. The number of hydrogen-bond acceptors (Lipinski definition) is 3. The summed E-state index contributed by atoms with van der Waals surface area (Å²) >= 11 is 0. The lowest BCUT2D eigenvalue weighted by molar-refractivity contribution is -0.215. The third-order valence-electron chi connectivity index (χ3n) is 6.15. The highest BCUT2D eigenvalue weighted by molar-refractivity contribution is 5.35. The molecule has 0 unspecified atom stereocenters. The zero-order chi connectivity index (χ0) is 19.2. The van der Waals surface area contributed by atoms with Crippen LogP contribution in [0.4, 0.5) is 8.78 Å². The zero-order valence-corrected chi connectivity index (χ0v) is 16.1. The van der Waals surface area contributed by atoms with Crippen LogP contribution in [-0.4, -0.2) is 13.2 Å². The highest BCUT2D eigenvalue weighted by Gasteiger charge is 2.32. The standard InChI is InChI=1S/C22H29F2NO2/c1-2-3-4-5-15-6-8-16(9-7-15)18-13-26-22(27-14-18)17-10-20(23)19(12-25)21(24)11-17/h10-11,15-16,18,22H,2-9,13-14H2,1H3. The fourth-order valence-corrected chi connectivity index (χ4v) is 4.45. The van der Waals surface area contributed by atoms with Crippen LogP contribution in [-0.2, 0) is 9.47 Å². The first-order valence-electron chi connectivity index (χ1n) is 10.2. The van der Waals surface area contributed by atoms with Crippen LogP contribution in [0.1, 0.15) is 75.7 Å². The zero-order valence-electron chi connectivity index (χ0n) is 16.1. The number of rotatable bonds is 6. The van der Waals surface area contributed by atoms with E-state index < -0.39 is 23.5 Å². The molecule has 1 aliphatic carbocycles. The summed E-state index contributed by atoms with van der Waals surface area (Å²) in [6.07, 6.45) is 9.58. The normalized spacial score (nSPS) is 28.7. The number of nitrogens with zero attached hydrogens (tertiary/aromatic N) is 1. The van der Waals surface area contributed by atoms with Crippen LogP contribution < -0.4 is 0 Å². The fourth-order valence-electron chi connectivity index (χ4n) is 4.45. The molecule has 0 atom stereocenters. The largest absolute Gasteiger partial charge is 0.348 e. The van der Waals surface area contributed by atoms with Crippen molar-refractivity contribution in [1.82, 2.24) is 0 Å². The first kappa shape index (κ1) is 20.2. The molecule has 1 heterocycles. The van der Waals surface area contributed by atoms with Gasteiger partial charge >= 0.3 is 0 Å². The van der Waals surface area contributed by atoms with Gasteiger partial charge in [-0.1, -0.05) is 45.4 Å². The van der Waals surface area contributed by atoms with Crippen LogP contribution in [0.3, 0.4) is 0 Å². The van der Waals surface area contributed by atoms with Crippen molar-refractivity contribution in [3.05, 3.63) is 34.9 Å². The van der Waals surface area contributed by atoms with Gasteiger partial charge in [0.15, 0.2) is 6.29 Å². The molecular formula is C22H29F2NO2. The molecule has 2 fully saturated rings. The van der Waals surface area contributed by atoms with E-state index in [-0.39, 0.29) is 0 Å². The quantitative estimate of drug-likeness (QED) is 0.581. The third kappa shape index (κ3) is 5.06. The summed E-state index contributed by atoms with van der Waals surface area (Å²) in [7, 11) is 0. The van der Waals surface area contributed by atoms with Crippen LogP contribution in [0.2, 0.25) is 0 Å². The lowest BCUT2D eigenvalue weighted by Crippen LogP contribution is -2.34. The van der Waals surface area contributed by atoms with E-state index in [1.807, 2.05) is 0 Å². The van der Waals surface area contributed by atoms with Crippen molar-refractivity contribution < 1.29 is 18.3 Å². The van der Waals surface area contributed by atoms with Gasteiger partial charge in [-0.15, -0.1) is 0 Å². The van der Waals surface area contributed by atoms with Gasteiger partial charge in [-0.3, -0.25) is 0 Å². The van der Waals surface area contributed by atoms with E-state index >= 15 is 0 Å². The highest BCUT2D eigenvalue weighted by atomic mass is 19.1. The Bertz CT molecular complexity index is 634. The Morgan fingerprint density at radius 1 is 1.00 bits per heavy atom. The lowest BCUT2D eigenvalue weighted by Gasteiger charge is -2.38. The van der Waals surface area contributed by atoms with Crippen LogP contribution in [0.5, 0.6) is 0 Å². The minimum absolute atomic E-state index is 0.294. The molecule has 0 radical (unpaired) electrons. The molecule has 0 bridgehead atoms.